The standard InChI is InChI=1S/C18H18ClN5O2/c1-25-11-13-4-2-3-5-15(13)22-18(20)21-10-16-23-17(24-26-16)12-6-8-14(19)9-7-12/h2-9H,10-11H2,1H3,(H3,20,21,22). The first-order valence-electron chi connectivity index (χ1n) is 7.88. The van der Waals surface area contributed by atoms with Gasteiger partial charge in [-0.3, -0.25) is 0 Å². The number of nitrogens with two attached hydrogens (primary N) is 1. The van der Waals surface area contributed by atoms with Crippen LogP contribution in [0.2, 0.25) is 5.02 Å². The highest BCUT2D eigenvalue weighted by Crippen LogP contribution is 2.19. The molecule has 0 aliphatic rings. The average molecular weight is 372 g/mol. The van der Waals surface area contributed by atoms with E-state index in [9.17, 15) is 0 Å². The van der Waals surface area contributed by atoms with Gasteiger partial charge in [0.05, 0.1) is 6.61 Å². The Kier molecular flexibility index (Phi) is 5.83. The number of nitrogens with one attached hydrogen (secondary N) is 1. The first-order valence-corrected chi connectivity index (χ1v) is 8.26. The number of halogens is 1. The molecule has 0 unspecified atom stereocenters. The van der Waals surface area contributed by atoms with Crippen molar-refractivity contribution in [2.75, 3.05) is 12.4 Å². The third-order valence-electron chi connectivity index (χ3n) is 3.54. The Morgan fingerprint density at radius 2 is 2.00 bits per heavy atom. The zero-order valence-corrected chi connectivity index (χ0v) is 14.9. The molecule has 7 nitrogen and oxygen atoms in total. The lowest BCUT2D eigenvalue weighted by molar-refractivity contribution is 0.185. The number of hydrogen-bond donors (Lipinski definition) is 2. The highest BCUT2D eigenvalue weighted by molar-refractivity contribution is 6.30. The van der Waals surface area contributed by atoms with E-state index < -0.39 is 0 Å². The van der Waals surface area contributed by atoms with Crippen molar-refractivity contribution >= 4 is 23.2 Å². The molecule has 0 spiro atoms. The van der Waals surface area contributed by atoms with E-state index in [4.69, 9.17) is 26.6 Å². The summed E-state index contributed by atoms with van der Waals surface area (Å²) < 4.78 is 10.4. The molecular weight excluding hydrogens is 354 g/mol. The van der Waals surface area contributed by atoms with E-state index >= 15 is 0 Å². The quantitative estimate of drug-likeness (QED) is 0.508. The van der Waals surface area contributed by atoms with Crippen molar-refractivity contribution < 1.29 is 9.26 Å². The molecule has 0 aliphatic carbocycles. The molecule has 0 saturated heterocycles. The van der Waals surface area contributed by atoms with Gasteiger partial charge in [0.1, 0.15) is 6.54 Å². The highest BCUT2D eigenvalue weighted by atomic mass is 35.5. The fraction of sp³-hybridized carbons (Fsp3) is 0.167. The number of hydrogen-bond acceptors (Lipinski definition) is 5. The van der Waals surface area contributed by atoms with Crippen LogP contribution in [0.4, 0.5) is 5.69 Å². The van der Waals surface area contributed by atoms with Crippen molar-refractivity contribution in [1.29, 1.82) is 0 Å². The van der Waals surface area contributed by atoms with Crippen LogP contribution in [-0.2, 0) is 17.9 Å². The maximum absolute atomic E-state index is 5.95. The monoisotopic (exact) mass is 371 g/mol. The van der Waals surface area contributed by atoms with Gasteiger partial charge >= 0.3 is 0 Å². The van der Waals surface area contributed by atoms with Gasteiger partial charge in [0.2, 0.25) is 11.7 Å². The van der Waals surface area contributed by atoms with Crippen LogP contribution in [0.1, 0.15) is 11.5 Å². The van der Waals surface area contributed by atoms with Crippen LogP contribution >= 0.6 is 11.6 Å². The molecular formula is C18H18ClN5O2. The number of methoxy groups -OCH3 is 1. The molecule has 0 aliphatic heterocycles. The molecule has 0 amide bonds. The number of ether oxygens (including phenoxy) is 1. The van der Waals surface area contributed by atoms with Gasteiger partial charge in [-0.1, -0.05) is 35.0 Å². The largest absolute Gasteiger partial charge is 0.380 e. The Morgan fingerprint density at radius 3 is 2.77 bits per heavy atom. The van der Waals surface area contributed by atoms with Crippen LogP contribution in [0.15, 0.2) is 58.0 Å². The molecule has 1 aromatic heterocycles. The van der Waals surface area contributed by atoms with E-state index in [0.717, 1.165) is 16.8 Å². The summed E-state index contributed by atoms with van der Waals surface area (Å²) in [7, 11) is 1.64. The van der Waals surface area contributed by atoms with Crippen LogP contribution in [0, 0.1) is 0 Å². The number of rotatable bonds is 6. The minimum absolute atomic E-state index is 0.172. The molecule has 0 saturated carbocycles. The summed E-state index contributed by atoms with van der Waals surface area (Å²) in [6.07, 6.45) is 0. The number of anilines is 1. The van der Waals surface area contributed by atoms with Gasteiger partial charge in [0.25, 0.3) is 0 Å². The highest BCUT2D eigenvalue weighted by Gasteiger charge is 2.08. The van der Waals surface area contributed by atoms with Gasteiger partial charge in [0.15, 0.2) is 5.96 Å². The number of benzene rings is 2. The smallest absolute Gasteiger partial charge is 0.248 e. The first kappa shape index (κ1) is 17.9. The number of aromatic nitrogens is 2. The Bertz CT molecular complexity index is 893. The second-order valence-corrected chi connectivity index (χ2v) is 5.87. The Morgan fingerprint density at radius 1 is 1.23 bits per heavy atom. The first-order chi connectivity index (χ1) is 12.7. The fourth-order valence-corrected chi connectivity index (χ4v) is 2.42. The van der Waals surface area contributed by atoms with Gasteiger partial charge in [0, 0.05) is 28.9 Å². The summed E-state index contributed by atoms with van der Waals surface area (Å²) in [5, 5.41) is 7.64. The lowest BCUT2D eigenvalue weighted by Gasteiger charge is -2.10. The number of guanidine groups is 1. The predicted octanol–water partition coefficient (Wildman–Crippen LogP) is 3.46. The minimum Gasteiger partial charge on any atom is -0.380 e. The zero-order valence-electron chi connectivity index (χ0n) is 14.1. The summed E-state index contributed by atoms with van der Waals surface area (Å²) in [5.74, 6) is 1.09. The molecule has 0 fully saturated rings. The molecule has 3 aromatic rings. The van der Waals surface area contributed by atoms with Crippen molar-refractivity contribution in [1.82, 2.24) is 10.1 Å². The fourth-order valence-electron chi connectivity index (χ4n) is 2.29. The van der Waals surface area contributed by atoms with Gasteiger partial charge in [-0.05, 0) is 30.3 Å². The van der Waals surface area contributed by atoms with Crippen LogP contribution in [0.5, 0.6) is 0 Å². The van der Waals surface area contributed by atoms with E-state index in [-0.39, 0.29) is 12.5 Å². The Labute approximate surface area is 155 Å². The summed E-state index contributed by atoms with van der Waals surface area (Å²) >= 11 is 5.88. The molecule has 1 heterocycles. The van der Waals surface area contributed by atoms with Gasteiger partial charge in [-0.2, -0.15) is 4.98 Å². The molecule has 0 bridgehead atoms. The molecule has 26 heavy (non-hydrogen) atoms. The number of nitrogens with zero attached hydrogens (tertiary/aromatic N) is 3. The summed E-state index contributed by atoms with van der Waals surface area (Å²) in [6.45, 7) is 0.649. The van der Waals surface area contributed by atoms with Crippen molar-refractivity contribution in [2.45, 2.75) is 13.2 Å². The second-order valence-electron chi connectivity index (χ2n) is 5.44. The van der Waals surface area contributed by atoms with Crippen LogP contribution in [-0.4, -0.2) is 23.2 Å². The molecule has 134 valence electrons. The Balaban J connectivity index is 1.65. The molecule has 3 N–H and O–H groups in total. The van der Waals surface area contributed by atoms with E-state index in [1.165, 1.54) is 0 Å². The Hall–Kier alpha value is -2.90. The second kappa shape index (κ2) is 8.46. The van der Waals surface area contributed by atoms with Crippen molar-refractivity contribution in [3.05, 3.63) is 65.0 Å². The molecule has 8 heteroatoms. The van der Waals surface area contributed by atoms with E-state index in [1.807, 2.05) is 36.4 Å². The average Bonchev–Trinajstić information content (AvgIpc) is 3.11. The van der Waals surface area contributed by atoms with Gasteiger partial charge < -0.3 is 20.3 Å². The van der Waals surface area contributed by atoms with Crippen molar-refractivity contribution in [2.24, 2.45) is 10.7 Å². The third kappa shape index (κ3) is 4.59. The summed E-state index contributed by atoms with van der Waals surface area (Å²) in [5.41, 5.74) is 8.58. The van der Waals surface area contributed by atoms with Gasteiger partial charge in [-0.15, -0.1) is 0 Å². The SMILES string of the molecule is COCc1ccccc1NC(N)=NCc1nc(-c2ccc(Cl)cc2)no1. The van der Waals surface area contributed by atoms with Gasteiger partial charge in [-0.25, -0.2) is 4.99 Å². The normalized spacial score (nSPS) is 11.5. The van der Waals surface area contributed by atoms with E-state index in [0.29, 0.717) is 23.3 Å². The van der Waals surface area contributed by atoms with Crippen molar-refractivity contribution in [3.8, 4) is 11.4 Å². The molecule has 0 atom stereocenters. The minimum atomic E-state index is 0.172. The van der Waals surface area contributed by atoms with Crippen LogP contribution in [0.3, 0.4) is 0 Å². The van der Waals surface area contributed by atoms with Crippen LogP contribution < -0.4 is 11.1 Å². The molecule has 2 aromatic carbocycles. The third-order valence-corrected chi connectivity index (χ3v) is 3.79. The maximum Gasteiger partial charge on any atom is 0.248 e. The zero-order chi connectivity index (χ0) is 18.4. The lowest BCUT2D eigenvalue weighted by atomic mass is 10.2. The number of aliphatic imine (C=N–C) groups is 1. The summed E-state index contributed by atoms with van der Waals surface area (Å²) in [6, 6.07) is 14.9. The maximum atomic E-state index is 5.95. The van der Waals surface area contributed by atoms with Crippen molar-refractivity contribution in [3.63, 3.8) is 0 Å². The van der Waals surface area contributed by atoms with Crippen LogP contribution in [0.25, 0.3) is 11.4 Å². The molecule has 0 radical (unpaired) electrons. The lowest BCUT2D eigenvalue weighted by Crippen LogP contribution is -2.23. The topological polar surface area (TPSA) is 98.6 Å². The van der Waals surface area contributed by atoms with E-state index in [1.54, 1.807) is 19.2 Å². The van der Waals surface area contributed by atoms with E-state index in [2.05, 4.69) is 20.4 Å². The summed E-state index contributed by atoms with van der Waals surface area (Å²) in [4.78, 5) is 8.54. The predicted molar refractivity (Wildman–Crippen MR) is 101 cm³/mol. The number of para-hydroxylation sites is 1. The molecule has 3 rings (SSSR count).